The molecule has 1 aromatic rings. The first-order chi connectivity index (χ1) is 8.81. The summed E-state index contributed by atoms with van der Waals surface area (Å²) >= 11 is 3.04. The summed E-state index contributed by atoms with van der Waals surface area (Å²) in [4.78, 5) is 33.3. The Kier molecular flexibility index (Phi) is 4.99. The molecule has 8 heteroatoms. The lowest BCUT2D eigenvalue weighted by Gasteiger charge is -2.12. The Labute approximate surface area is 116 Å². The maximum atomic E-state index is 13.5. The zero-order chi connectivity index (χ0) is 14.6. The molecule has 0 aliphatic heterocycles. The van der Waals surface area contributed by atoms with Gasteiger partial charge in [0.05, 0.1) is 5.56 Å². The van der Waals surface area contributed by atoms with E-state index in [-0.39, 0.29) is 5.56 Å². The van der Waals surface area contributed by atoms with Crippen LogP contribution in [0.4, 0.5) is 9.18 Å². The number of amides is 3. The molecular formula is C11H10BrFN2O4. The average Bonchev–Trinajstić information content (AvgIpc) is 2.27. The molecule has 1 rings (SSSR count). The van der Waals surface area contributed by atoms with Gasteiger partial charge in [-0.25, -0.2) is 14.0 Å². The standard InChI is InChI=1S/C11H10BrFN2O4/c1-5(9(16)15-11(14)18)19-10(17)7-3-2-6(12)4-8(7)13/h2-5H,1H3,(H3,14,15,16,18)/t5-/m1/s1. The summed E-state index contributed by atoms with van der Waals surface area (Å²) in [5.41, 5.74) is 4.42. The van der Waals surface area contributed by atoms with Gasteiger partial charge in [0.15, 0.2) is 6.10 Å². The molecule has 3 N–H and O–H groups in total. The predicted octanol–water partition coefficient (Wildman–Crippen LogP) is 1.33. The fourth-order valence-corrected chi connectivity index (χ4v) is 1.49. The summed E-state index contributed by atoms with van der Waals surface area (Å²) in [6, 6.07) is 2.68. The second-order valence-electron chi connectivity index (χ2n) is 3.53. The van der Waals surface area contributed by atoms with Gasteiger partial charge in [-0.15, -0.1) is 0 Å². The number of urea groups is 1. The fourth-order valence-electron chi connectivity index (χ4n) is 1.16. The fraction of sp³-hybridized carbons (Fsp3) is 0.182. The number of primary amides is 1. The molecule has 0 saturated carbocycles. The van der Waals surface area contributed by atoms with E-state index in [1.165, 1.54) is 19.1 Å². The second-order valence-corrected chi connectivity index (χ2v) is 4.44. The first-order valence-corrected chi connectivity index (χ1v) is 5.87. The first kappa shape index (κ1) is 15.1. The van der Waals surface area contributed by atoms with Crippen LogP contribution in [0.1, 0.15) is 17.3 Å². The first-order valence-electron chi connectivity index (χ1n) is 5.07. The van der Waals surface area contributed by atoms with Crippen molar-refractivity contribution in [2.75, 3.05) is 0 Å². The predicted molar refractivity (Wildman–Crippen MR) is 66.7 cm³/mol. The van der Waals surface area contributed by atoms with Gasteiger partial charge in [0, 0.05) is 4.47 Å². The quantitative estimate of drug-likeness (QED) is 0.815. The highest BCUT2D eigenvalue weighted by molar-refractivity contribution is 9.10. The summed E-state index contributed by atoms with van der Waals surface area (Å²) < 4.78 is 18.6. The topological polar surface area (TPSA) is 98.5 Å². The molecule has 6 nitrogen and oxygen atoms in total. The van der Waals surface area contributed by atoms with E-state index in [0.717, 1.165) is 6.07 Å². The molecule has 0 bridgehead atoms. The molecule has 1 atom stereocenters. The monoisotopic (exact) mass is 332 g/mol. The van der Waals surface area contributed by atoms with Crippen molar-refractivity contribution in [1.82, 2.24) is 5.32 Å². The number of carbonyl (C=O) groups excluding carboxylic acids is 3. The Balaban J connectivity index is 2.74. The average molecular weight is 333 g/mol. The molecule has 0 heterocycles. The Morgan fingerprint density at radius 1 is 1.42 bits per heavy atom. The van der Waals surface area contributed by atoms with Crippen molar-refractivity contribution in [3.63, 3.8) is 0 Å². The van der Waals surface area contributed by atoms with Crippen LogP contribution in [0.2, 0.25) is 0 Å². The number of benzene rings is 1. The van der Waals surface area contributed by atoms with Crippen LogP contribution in [0.5, 0.6) is 0 Å². The van der Waals surface area contributed by atoms with Crippen molar-refractivity contribution in [3.05, 3.63) is 34.1 Å². The van der Waals surface area contributed by atoms with E-state index < -0.39 is 29.8 Å². The summed E-state index contributed by atoms with van der Waals surface area (Å²) in [5.74, 6) is -2.70. The lowest BCUT2D eigenvalue weighted by atomic mass is 10.2. The zero-order valence-electron chi connectivity index (χ0n) is 9.78. The summed E-state index contributed by atoms with van der Waals surface area (Å²) in [7, 11) is 0. The second kappa shape index (κ2) is 6.28. The minimum absolute atomic E-state index is 0.318. The van der Waals surface area contributed by atoms with E-state index in [4.69, 9.17) is 10.5 Å². The Morgan fingerprint density at radius 3 is 2.58 bits per heavy atom. The number of esters is 1. The molecule has 0 fully saturated rings. The SMILES string of the molecule is C[C@@H](OC(=O)c1ccc(Br)cc1F)C(=O)NC(N)=O. The molecule has 0 unspecified atom stereocenters. The van der Waals surface area contributed by atoms with Crippen LogP contribution in [0.15, 0.2) is 22.7 Å². The van der Waals surface area contributed by atoms with E-state index in [0.29, 0.717) is 4.47 Å². The third-order valence-corrected chi connectivity index (χ3v) is 2.54. The molecular weight excluding hydrogens is 323 g/mol. The smallest absolute Gasteiger partial charge is 0.341 e. The molecule has 19 heavy (non-hydrogen) atoms. The van der Waals surface area contributed by atoms with E-state index in [9.17, 15) is 18.8 Å². The van der Waals surface area contributed by atoms with E-state index >= 15 is 0 Å². The van der Waals surface area contributed by atoms with Crippen molar-refractivity contribution in [2.24, 2.45) is 5.73 Å². The van der Waals surface area contributed by atoms with Gasteiger partial charge >= 0.3 is 12.0 Å². The van der Waals surface area contributed by atoms with Crippen LogP contribution in [-0.2, 0) is 9.53 Å². The number of imide groups is 1. The molecule has 0 spiro atoms. The van der Waals surface area contributed by atoms with Gasteiger partial charge in [-0.2, -0.15) is 0 Å². The van der Waals surface area contributed by atoms with Crippen molar-refractivity contribution >= 4 is 33.8 Å². The van der Waals surface area contributed by atoms with Crippen molar-refractivity contribution in [3.8, 4) is 0 Å². The highest BCUT2D eigenvalue weighted by atomic mass is 79.9. The van der Waals surface area contributed by atoms with Crippen LogP contribution in [-0.4, -0.2) is 24.0 Å². The van der Waals surface area contributed by atoms with Crippen LogP contribution in [0.25, 0.3) is 0 Å². The summed E-state index contributed by atoms with van der Waals surface area (Å²) in [6.07, 6.45) is -1.27. The molecule has 0 aromatic heterocycles. The van der Waals surface area contributed by atoms with Gasteiger partial charge < -0.3 is 10.5 Å². The highest BCUT2D eigenvalue weighted by Gasteiger charge is 2.21. The van der Waals surface area contributed by atoms with E-state index in [1.54, 1.807) is 5.32 Å². The minimum Gasteiger partial charge on any atom is -0.449 e. The Hall–Kier alpha value is -1.96. The minimum atomic E-state index is -1.27. The molecule has 0 radical (unpaired) electrons. The van der Waals surface area contributed by atoms with Crippen molar-refractivity contribution in [1.29, 1.82) is 0 Å². The zero-order valence-corrected chi connectivity index (χ0v) is 11.4. The molecule has 0 aliphatic rings. The van der Waals surface area contributed by atoms with Crippen molar-refractivity contribution < 1.29 is 23.5 Å². The number of ether oxygens (including phenoxy) is 1. The molecule has 0 aliphatic carbocycles. The summed E-state index contributed by atoms with van der Waals surface area (Å²) in [6.45, 7) is 1.23. The van der Waals surface area contributed by atoms with Gasteiger partial charge in [0.25, 0.3) is 5.91 Å². The third-order valence-electron chi connectivity index (χ3n) is 2.05. The van der Waals surface area contributed by atoms with Gasteiger partial charge in [0.1, 0.15) is 5.82 Å². The lowest BCUT2D eigenvalue weighted by molar-refractivity contribution is -0.127. The number of carbonyl (C=O) groups is 3. The van der Waals surface area contributed by atoms with Crippen LogP contribution in [0, 0.1) is 5.82 Å². The number of rotatable bonds is 3. The molecule has 102 valence electrons. The van der Waals surface area contributed by atoms with Gasteiger partial charge in [0.2, 0.25) is 0 Å². The van der Waals surface area contributed by atoms with Crippen LogP contribution in [0.3, 0.4) is 0 Å². The number of nitrogens with one attached hydrogen (secondary N) is 1. The van der Waals surface area contributed by atoms with Gasteiger partial charge in [-0.3, -0.25) is 10.1 Å². The summed E-state index contributed by atoms with van der Waals surface area (Å²) in [5, 5.41) is 1.74. The highest BCUT2D eigenvalue weighted by Crippen LogP contribution is 2.16. The van der Waals surface area contributed by atoms with Gasteiger partial charge in [-0.1, -0.05) is 15.9 Å². The van der Waals surface area contributed by atoms with Gasteiger partial charge in [-0.05, 0) is 25.1 Å². The number of hydrogen-bond donors (Lipinski definition) is 2. The maximum Gasteiger partial charge on any atom is 0.341 e. The number of halogens is 2. The van der Waals surface area contributed by atoms with E-state index in [1.807, 2.05) is 0 Å². The van der Waals surface area contributed by atoms with E-state index in [2.05, 4.69) is 15.9 Å². The largest absolute Gasteiger partial charge is 0.449 e. The van der Waals surface area contributed by atoms with Crippen LogP contribution < -0.4 is 11.1 Å². The van der Waals surface area contributed by atoms with Crippen LogP contribution >= 0.6 is 15.9 Å². The van der Waals surface area contributed by atoms with Crippen molar-refractivity contribution in [2.45, 2.75) is 13.0 Å². The molecule has 1 aromatic carbocycles. The Bertz CT molecular complexity index is 535. The molecule has 3 amide bonds. The lowest BCUT2D eigenvalue weighted by Crippen LogP contribution is -2.42. The normalized spacial score (nSPS) is 11.5. The molecule has 0 saturated heterocycles. The number of hydrogen-bond acceptors (Lipinski definition) is 4. The maximum absolute atomic E-state index is 13.5. The number of nitrogens with two attached hydrogens (primary N) is 1. The Morgan fingerprint density at radius 2 is 2.05 bits per heavy atom. The third kappa shape index (κ3) is 4.32.